The lowest BCUT2D eigenvalue weighted by molar-refractivity contribution is 0.0867. The number of hydrogen-bond donors (Lipinski definition) is 0. The van der Waals surface area contributed by atoms with Gasteiger partial charge in [0.1, 0.15) is 0 Å². The number of benzene rings is 1. The van der Waals surface area contributed by atoms with Crippen molar-refractivity contribution >= 4 is 9.84 Å². The summed E-state index contributed by atoms with van der Waals surface area (Å²) in [5.74, 6) is 0.792. The van der Waals surface area contributed by atoms with Crippen molar-refractivity contribution in [1.29, 1.82) is 0 Å². The topological polar surface area (TPSA) is 84.2 Å². The van der Waals surface area contributed by atoms with Crippen molar-refractivity contribution in [1.82, 2.24) is 30.0 Å². The van der Waals surface area contributed by atoms with Crippen molar-refractivity contribution in [2.24, 2.45) is 5.92 Å². The molecular formula is C21H32N6O2S. The molecule has 0 saturated carbocycles. The molecule has 0 spiro atoms. The van der Waals surface area contributed by atoms with Gasteiger partial charge < -0.3 is 0 Å². The third-order valence-electron chi connectivity index (χ3n) is 5.46. The number of aromatic nitrogens is 4. The molecule has 2 aromatic rings. The third kappa shape index (κ3) is 5.53. The molecule has 0 radical (unpaired) electrons. The lowest BCUT2D eigenvalue weighted by Crippen LogP contribution is -2.48. The highest BCUT2D eigenvalue weighted by molar-refractivity contribution is 7.90. The van der Waals surface area contributed by atoms with Crippen LogP contribution in [0.1, 0.15) is 37.7 Å². The standard InChI is InChI=1S/C21H32N6O2S/c1-5-10-25-11-13-26(14-12-25)20(15-17(2)3)21-22-23-24-27(21)16-30(28,29)19-8-6-18(4)7-9-19/h5-9,17,20H,1,10-16H2,2-4H3/t20-/m0/s1. The minimum absolute atomic E-state index is 0.0147. The van der Waals surface area contributed by atoms with Crippen LogP contribution in [0.5, 0.6) is 0 Å². The maximum atomic E-state index is 13.0. The number of tetrazole rings is 1. The van der Waals surface area contributed by atoms with E-state index in [1.165, 1.54) is 4.68 Å². The number of sulfone groups is 1. The van der Waals surface area contributed by atoms with Gasteiger partial charge in [0.25, 0.3) is 0 Å². The second-order valence-electron chi connectivity index (χ2n) is 8.36. The lowest BCUT2D eigenvalue weighted by Gasteiger charge is -2.39. The Kier molecular flexibility index (Phi) is 7.38. The van der Waals surface area contributed by atoms with E-state index in [9.17, 15) is 8.42 Å². The van der Waals surface area contributed by atoms with Gasteiger partial charge in [0.05, 0.1) is 10.9 Å². The molecule has 8 nitrogen and oxygen atoms in total. The van der Waals surface area contributed by atoms with Gasteiger partial charge >= 0.3 is 0 Å². The summed E-state index contributed by atoms with van der Waals surface area (Å²) in [6, 6.07) is 6.87. The second kappa shape index (κ2) is 9.80. The largest absolute Gasteiger partial charge is 0.297 e. The van der Waals surface area contributed by atoms with Crippen LogP contribution >= 0.6 is 0 Å². The Labute approximate surface area is 179 Å². The number of hydrogen-bond acceptors (Lipinski definition) is 7. The van der Waals surface area contributed by atoms with Gasteiger partial charge in [0, 0.05) is 32.7 Å². The van der Waals surface area contributed by atoms with Crippen molar-refractivity contribution in [3.05, 3.63) is 48.3 Å². The molecule has 1 atom stereocenters. The van der Waals surface area contributed by atoms with Gasteiger partial charge in [-0.25, -0.2) is 13.1 Å². The molecule has 30 heavy (non-hydrogen) atoms. The van der Waals surface area contributed by atoms with Crippen LogP contribution in [0.2, 0.25) is 0 Å². The van der Waals surface area contributed by atoms with E-state index in [4.69, 9.17) is 0 Å². The zero-order valence-electron chi connectivity index (χ0n) is 18.1. The van der Waals surface area contributed by atoms with Gasteiger partial charge in [-0.2, -0.15) is 0 Å². The van der Waals surface area contributed by atoms with E-state index >= 15 is 0 Å². The van der Waals surface area contributed by atoms with Gasteiger partial charge in [-0.3, -0.25) is 9.80 Å². The third-order valence-corrected chi connectivity index (χ3v) is 7.03. The summed E-state index contributed by atoms with van der Waals surface area (Å²) in [7, 11) is -3.55. The molecule has 164 valence electrons. The minimum atomic E-state index is -3.55. The molecule has 0 N–H and O–H groups in total. The maximum absolute atomic E-state index is 13.0. The van der Waals surface area contributed by atoms with Crippen LogP contribution in [0.4, 0.5) is 0 Å². The highest BCUT2D eigenvalue weighted by atomic mass is 32.2. The molecule has 0 unspecified atom stereocenters. The highest BCUT2D eigenvalue weighted by Gasteiger charge is 2.31. The van der Waals surface area contributed by atoms with Gasteiger partial charge in [-0.05, 0) is 41.8 Å². The molecule has 9 heteroatoms. The molecule has 1 aromatic carbocycles. The molecule has 1 aliphatic rings. The predicted molar refractivity (Wildman–Crippen MR) is 117 cm³/mol. The highest BCUT2D eigenvalue weighted by Crippen LogP contribution is 2.28. The van der Waals surface area contributed by atoms with Crippen LogP contribution in [0, 0.1) is 12.8 Å². The van der Waals surface area contributed by atoms with Crippen molar-refractivity contribution in [2.45, 2.75) is 44.0 Å². The van der Waals surface area contributed by atoms with E-state index in [0.717, 1.165) is 44.7 Å². The monoisotopic (exact) mass is 432 g/mol. The molecule has 1 saturated heterocycles. The fourth-order valence-corrected chi connectivity index (χ4v) is 5.03. The number of piperazine rings is 1. The first-order valence-electron chi connectivity index (χ1n) is 10.4. The van der Waals surface area contributed by atoms with Crippen molar-refractivity contribution < 1.29 is 8.42 Å². The van der Waals surface area contributed by atoms with Crippen LogP contribution in [-0.2, 0) is 15.7 Å². The van der Waals surface area contributed by atoms with E-state index in [0.29, 0.717) is 11.7 Å². The average Bonchev–Trinajstić information content (AvgIpc) is 3.14. The van der Waals surface area contributed by atoms with E-state index in [1.54, 1.807) is 24.3 Å². The smallest absolute Gasteiger partial charge is 0.198 e. The molecule has 0 aliphatic carbocycles. The number of rotatable bonds is 9. The lowest BCUT2D eigenvalue weighted by atomic mass is 10.0. The summed E-state index contributed by atoms with van der Waals surface area (Å²) < 4.78 is 27.4. The zero-order chi connectivity index (χ0) is 21.7. The van der Waals surface area contributed by atoms with Crippen LogP contribution in [0.15, 0.2) is 41.8 Å². The zero-order valence-corrected chi connectivity index (χ0v) is 18.9. The molecule has 1 aliphatic heterocycles. The van der Waals surface area contributed by atoms with Crippen LogP contribution in [-0.4, -0.2) is 71.1 Å². The Balaban J connectivity index is 1.82. The van der Waals surface area contributed by atoms with E-state index in [1.807, 2.05) is 13.0 Å². The summed E-state index contributed by atoms with van der Waals surface area (Å²) >= 11 is 0. The summed E-state index contributed by atoms with van der Waals surface area (Å²) in [5.41, 5.74) is 1.02. The van der Waals surface area contributed by atoms with Gasteiger partial charge in [-0.1, -0.05) is 37.6 Å². The normalized spacial score (nSPS) is 17.3. The quantitative estimate of drug-likeness (QED) is 0.562. The van der Waals surface area contributed by atoms with Crippen LogP contribution in [0.3, 0.4) is 0 Å². The van der Waals surface area contributed by atoms with Crippen LogP contribution < -0.4 is 0 Å². The Morgan fingerprint density at radius 2 is 1.80 bits per heavy atom. The van der Waals surface area contributed by atoms with Crippen molar-refractivity contribution in [3.63, 3.8) is 0 Å². The Bertz CT molecular complexity index is 931. The van der Waals surface area contributed by atoms with Crippen LogP contribution in [0.25, 0.3) is 0 Å². The Hall–Kier alpha value is -2.10. The molecule has 0 bridgehead atoms. The van der Waals surface area contributed by atoms with E-state index in [2.05, 4.69) is 45.8 Å². The summed E-state index contributed by atoms with van der Waals surface area (Å²) in [4.78, 5) is 5.02. The molecular weight excluding hydrogens is 400 g/mol. The van der Waals surface area contributed by atoms with E-state index in [-0.39, 0.29) is 16.8 Å². The first kappa shape index (κ1) is 22.6. The molecule has 1 aromatic heterocycles. The Morgan fingerprint density at radius 3 is 2.40 bits per heavy atom. The van der Waals surface area contributed by atoms with Gasteiger partial charge in [0.2, 0.25) is 0 Å². The predicted octanol–water partition coefficient (Wildman–Crippen LogP) is 2.30. The SMILES string of the molecule is C=CCN1CCN([C@@H](CC(C)C)c2nnnn2CS(=O)(=O)c2ccc(C)cc2)CC1. The molecule has 3 rings (SSSR count). The minimum Gasteiger partial charge on any atom is -0.297 e. The number of nitrogens with zero attached hydrogens (tertiary/aromatic N) is 6. The molecule has 0 amide bonds. The second-order valence-corrected chi connectivity index (χ2v) is 10.3. The first-order chi connectivity index (χ1) is 14.3. The van der Waals surface area contributed by atoms with E-state index < -0.39 is 9.84 Å². The molecule has 2 heterocycles. The number of aryl methyl sites for hydroxylation is 1. The fraction of sp³-hybridized carbons (Fsp3) is 0.571. The molecule has 1 fully saturated rings. The summed E-state index contributed by atoms with van der Waals surface area (Å²) in [6.45, 7) is 14.6. The van der Waals surface area contributed by atoms with Gasteiger partial charge in [0.15, 0.2) is 21.5 Å². The maximum Gasteiger partial charge on any atom is 0.198 e. The summed E-state index contributed by atoms with van der Waals surface area (Å²) in [5, 5.41) is 12.1. The Morgan fingerprint density at radius 1 is 1.13 bits per heavy atom. The first-order valence-corrected chi connectivity index (χ1v) is 12.1. The fourth-order valence-electron chi connectivity index (χ4n) is 3.83. The summed E-state index contributed by atoms with van der Waals surface area (Å²) in [6.07, 6.45) is 2.80. The van der Waals surface area contributed by atoms with Gasteiger partial charge in [-0.15, -0.1) is 11.7 Å². The van der Waals surface area contributed by atoms with Crippen molar-refractivity contribution in [2.75, 3.05) is 32.7 Å². The van der Waals surface area contributed by atoms with Crippen molar-refractivity contribution in [3.8, 4) is 0 Å². The average molecular weight is 433 g/mol.